The Hall–Kier alpha value is -0.720. The van der Waals surface area contributed by atoms with Crippen molar-refractivity contribution in [2.45, 2.75) is 45.1 Å². The van der Waals surface area contributed by atoms with E-state index in [9.17, 15) is 4.79 Å². The van der Waals surface area contributed by atoms with Crippen molar-refractivity contribution in [1.29, 1.82) is 0 Å². The monoisotopic (exact) mass is 316 g/mol. The third-order valence-corrected chi connectivity index (χ3v) is 5.59. The van der Waals surface area contributed by atoms with Crippen molar-refractivity contribution >= 4 is 34.8 Å². The lowest BCUT2D eigenvalue weighted by Crippen LogP contribution is -2.42. The molecule has 3 N–H and O–H groups in total. The zero-order valence-electron chi connectivity index (χ0n) is 11.7. The number of nitrogens with zero attached hydrogens (tertiary/aromatic N) is 2. The maximum Gasteiger partial charge on any atom is 0.231 e. The Kier molecular flexibility index (Phi) is 4.66. The molecule has 2 aliphatic carbocycles. The molecule has 2 saturated carbocycles. The van der Waals surface area contributed by atoms with Crippen LogP contribution in [0.5, 0.6) is 0 Å². The van der Waals surface area contributed by atoms with Gasteiger partial charge in [0, 0.05) is 12.0 Å². The molecule has 20 heavy (non-hydrogen) atoms. The van der Waals surface area contributed by atoms with E-state index in [1.165, 1.54) is 17.8 Å². The Labute approximate surface area is 129 Å². The average Bonchev–Trinajstić information content (AvgIpc) is 3.02. The second-order valence-electron chi connectivity index (χ2n) is 6.03. The number of aromatic nitrogens is 2. The molecule has 7 heteroatoms. The van der Waals surface area contributed by atoms with Gasteiger partial charge in [-0.1, -0.05) is 25.2 Å². The fourth-order valence-corrected chi connectivity index (χ4v) is 4.18. The number of halogens is 1. The van der Waals surface area contributed by atoms with Gasteiger partial charge in [0.15, 0.2) is 0 Å². The zero-order valence-corrected chi connectivity index (χ0v) is 13.3. The lowest BCUT2D eigenvalue weighted by molar-refractivity contribution is -0.121. The Morgan fingerprint density at radius 1 is 1.35 bits per heavy atom. The minimum atomic E-state index is -0.0369. The van der Waals surface area contributed by atoms with Crippen LogP contribution in [0.2, 0.25) is 0 Å². The minimum absolute atomic E-state index is 0. The number of carbonyl (C=O) groups is 1. The third kappa shape index (κ3) is 2.69. The van der Waals surface area contributed by atoms with E-state index in [-0.39, 0.29) is 30.3 Å². The van der Waals surface area contributed by atoms with Gasteiger partial charge in [0.25, 0.3) is 0 Å². The number of nitrogens with two attached hydrogens (primary N) is 1. The number of amides is 1. The number of hydrogen-bond acceptors (Lipinski definition) is 5. The van der Waals surface area contributed by atoms with E-state index in [1.54, 1.807) is 0 Å². The van der Waals surface area contributed by atoms with E-state index in [1.807, 2.05) is 0 Å². The normalized spacial score (nSPS) is 31.4. The molecule has 1 amide bonds. The SMILES string of the molecule is CC(C)c1nnc(NC(=O)C2C3CCC(C3)C2N)s1.Cl. The quantitative estimate of drug-likeness (QED) is 0.897. The van der Waals surface area contributed by atoms with E-state index in [0.29, 0.717) is 22.9 Å². The second-order valence-corrected chi connectivity index (χ2v) is 7.03. The highest BCUT2D eigenvalue weighted by molar-refractivity contribution is 7.15. The minimum Gasteiger partial charge on any atom is -0.327 e. The zero-order chi connectivity index (χ0) is 13.6. The van der Waals surface area contributed by atoms with Crippen LogP contribution in [0.25, 0.3) is 0 Å². The van der Waals surface area contributed by atoms with Gasteiger partial charge in [-0.25, -0.2) is 0 Å². The summed E-state index contributed by atoms with van der Waals surface area (Å²) in [5.41, 5.74) is 6.18. The molecule has 0 saturated heterocycles. The molecule has 3 rings (SSSR count). The van der Waals surface area contributed by atoms with Crippen LogP contribution in [0, 0.1) is 17.8 Å². The number of fused-ring (bicyclic) bond motifs is 2. The van der Waals surface area contributed by atoms with Crippen LogP contribution in [0.15, 0.2) is 0 Å². The standard InChI is InChI=1S/C13H20N4OS.ClH/c1-6(2)12-16-17-13(19-12)15-11(18)9-7-3-4-8(5-7)10(9)14;/h6-10H,3-5,14H2,1-2H3,(H,15,17,18);1H. The summed E-state index contributed by atoms with van der Waals surface area (Å²) in [5, 5.41) is 12.6. The Bertz CT molecular complexity index is 490. The molecule has 5 nitrogen and oxygen atoms in total. The number of nitrogens with one attached hydrogen (secondary N) is 1. The molecule has 4 unspecified atom stereocenters. The highest BCUT2D eigenvalue weighted by Crippen LogP contribution is 2.47. The number of carbonyl (C=O) groups excluding carboxylic acids is 1. The Morgan fingerprint density at radius 2 is 2.05 bits per heavy atom. The lowest BCUT2D eigenvalue weighted by atomic mass is 9.84. The fourth-order valence-electron chi connectivity index (χ4n) is 3.43. The first kappa shape index (κ1) is 15.7. The van der Waals surface area contributed by atoms with Gasteiger partial charge in [-0.2, -0.15) is 0 Å². The summed E-state index contributed by atoms with van der Waals surface area (Å²) in [7, 11) is 0. The van der Waals surface area contributed by atoms with Gasteiger partial charge in [0.05, 0.1) is 5.92 Å². The summed E-state index contributed by atoms with van der Waals surface area (Å²) in [6.45, 7) is 4.13. The summed E-state index contributed by atoms with van der Waals surface area (Å²) in [4.78, 5) is 12.3. The Balaban J connectivity index is 0.00000147. The summed E-state index contributed by atoms with van der Waals surface area (Å²) in [6, 6.07) is 0.0243. The first-order chi connectivity index (χ1) is 9.06. The average molecular weight is 317 g/mol. The molecular formula is C13H21ClN4OS. The van der Waals surface area contributed by atoms with Crippen LogP contribution in [0.4, 0.5) is 5.13 Å². The van der Waals surface area contributed by atoms with Crippen LogP contribution in [-0.4, -0.2) is 22.1 Å². The molecule has 4 atom stereocenters. The summed E-state index contributed by atoms with van der Waals surface area (Å²) in [5.74, 6) is 1.35. The molecule has 2 aliphatic rings. The van der Waals surface area contributed by atoms with Crippen molar-refractivity contribution in [2.75, 3.05) is 5.32 Å². The Morgan fingerprint density at radius 3 is 2.60 bits per heavy atom. The number of rotatable bonds is 3. The molecule has 0 aromatic carbocycles. The van der Waals surface area contributed by atoms with Crippen LogP contribution in [0.3, 0.4) is 0 Å². The van der Waals surface area contributed by atoms with Gasteiger partial charge < -0.3 is 11.1 Å². The van der Waals surface area contributed by atoms with Crippen LogP contribution in [0.1, 0.15) is 44.0 Å². The van der Waals surface area contributed by atoms with Gasteiger partial charge in [0.2, 0.25) is 11.0 Å². The molecule has 0 spiro atoms. The van der Waals surface area contributed by atoms with Crippen LogP contribution in [-0.2, 0) is 4.79 Å². The second kappa shape index (κ2) is 5.95. The van der Waals surface area contributed by atoms with E-state index < -0.39 is 0 Å². The van der Waals surface area contributed by atoms with E-state index in [2.05, 4.69) is 29.4 Å². The molecule has 2 bridgehead atoms. The van der Waals surface area contributed by atoms with Crippen molar-refractivity contribution < 1.29 is 4.79 Å². The van der Waals surface area contributed by atoms with E-state index in [0.717, 1.165) is 17.8 Å². The first-order valence-corrected chi connectivity index (χ1v) is 7.77. The molecule has 0 aliphatic heterocycles. The third-order valence-electron chi connectivity index (χ3n) is 4.45. The number of anilines is 1. The van der Waals surface area contributed by atoms with E-state index >= 15 is 0 Å². The van der Waals surface area contributed by atoms with Crippen LogP contribution < -0.4 is 11.1 Å². The topological polar surface area (TPSA) is 80.9 Å². The van der Waals surface area contributed by atoms with Crippen molar-refractivity contribution in [2.24, 2.45) is 23.5 Å². The summed E-state index contributed by atoms with van der Waals surface area (Å²) >= 11 is 1.45. The molecular weight excluding hydrogens is 296 g/mol. The first-order valence-electron chi connectivity index (χ1n) is 6.96. The highest BCUT2D eigenvalue weighted by Gasteiger charge is 2.49. The smallest absolute Gasteiger partial charge is 0.231 e. The van der Waals surface area contributed by atoms with Gasteiger partial charge in [-0.05, 0) is 31.1 Å². The van der Waals surface area contributed by atoms with E-state index in [4.69, 9.17) is 5.73 Å². The van der Waals surface area contributed by atoms with Crippen LogP contribution >= 0.6 is 23.7 Å². The maximum absolute atomic E-state index is 12.3. The van der Waals surface area contributed by atoms with Crippen molar-refractivity contribution in [1.82, 2.24) is 10.2 Å². The fraction of sp³-hybridized carbons (Fsp3) is 0.769. The highest BCUT2D eigenvalue weighted by atomic mass is 35.5. The predicted molar refractivity (Wildman–Crippen MR) is 82.2 cm³/mol. The van der Waals surface area contributed by atoms with Crippen molar-refractivity contribution in [3.05, 3.63) is 5.01 Å². The van der Waals surface area contributed by atoms with Gasteiger partial charge in [-0.15, -0.1) is 22.6 Å². The maximum atomic E-state index is 12.3. The van der Waals surface area contributed by atoms with Gasteiger partial charge in [0.1, 0.15) is 5.01 Å². The molecule has 1 aromatic heterocycles. The van der Waals surface area contributed by atoms with Crippen molar-refractivity contribution in [3.8, 4) is 0 Å². The molecule has 112 valence electrons. The summed E-state index contributed by atoms with van der Waals surface area (Å²) in [6.07, 6.45) is 3.45. The molecule has 1 heterocycles. The molecule has 1 aromatic rings. The predicted octanol–water partition coefficient (Wildman–Crippen LogP) is 2.40. The molecule has 0 radical (unpaired) electrons. The number of hydrogen-bond donors (Lipinski definition) is 2. The lowest BCUT2D eigenvalue weighted by Gasteiger charge is -2.26. The largest absolute Gasteiger partial charge is 0.327 e. The van der Waals surface area contributed by atoms with Gasteiger partial charge >= 0.3 is 0 Å². The summed E-state index contributed by atoms with van der Waals surface area (Å²) < 4.78 is 0. The molecule has 2 fully saturated rings. The van der Waals surface area contributed by atoms with Gasteiger partial charge in [-0.3, -0.25) is 4.79 Å². The van der Waals surface area contributed by atoms with Crippen molar-refractivity contribution in [3.63, 3.8) is 0 Å².